The lowest BCUT2D eigenvalue weighted by Crippen LogP contribution is -2.09. The van der Waals surface area contributed by atoms with E-state index in [1.165, 1.54) is 0 Å². The van der Waals surface area contributed by atoms with E-state index in [0.717, 1.165) is 11.5 Å². The second-order valence-corrected chi connectivity index (χ2v) is 4.78. The third-order valence-corrected chi connectivity index (χ3v) is 3.15. The van der Waals surface area contributed by atoms with Crippen molar-refractivity contribution in [2.24, 2.45) is 0 Å². The second-order valence-electron chi connectivity index (χ2n) is 4.39. The van der Waals surface area contributed by atoms with Gasteiger partial charge in [-0.05, 0) is 30.4 Å². The number of fused-ring (bicyclic) bond motifs is 1. The first-order valence-corrected chi connectivity index (χ1v) is 6.38. The molecule has 1 aromatic carbocycles. The van der Waals surface area contributed by atoms with Crippen LogP contribution in [0.1, 0.15) is 5.69 Å². The Kier molecular flexibility index (Phi) is 3.21. The zero-order valence-electron chi connectivity index (χ0n) is 10.5. The first-order chi connectivity index (χ1) is 9.93. The molecule has 0 bridgehead atoms. The maximum absolute atomic E-state index is 12.8. The van der Waals surface area contributed by atoms with Crippen molar-refractivity contribution < 1.29 is 13.2 Å². The highest BCUT2D eigenvalue weighted by molar-refractivity contribution is 7.71. The topological polar surface area (TPSA) is 41.6 Å². The molecule has 0 saturated carbocycles. The number of alkyl halides is 3. The minimum absolute atomic E-state index is 0.165. The number of H-pyrrole nitrogens is 1. The summed E-state index contributed by atoms with van der Waals surface area (Å²) in [5.41, 5.74) is 0.466. The Labute approximate surface area is 122 Å². The van der Waals surface area contributed by atoms with Crippen molar-refractivity contribution in [3.05, 3.63) is 53.1 Å². The monoisotopic (exact) mass is 307 g/mol. The summed E-state index contributed by atoms with van der Waals surface area (Å²) >= 11 is 4.77. The standard InChI is InChI=1S/C14H8F3N3S/c15-14(16,17)12-7-11(19-13(21)20-12)9-4-3-8-2-1-5-18-10(8)6-9/h1-7H,(H,19,20,21). The molecule has 3 rings (SSSR count). The van der Waals surface area contributed by atoms with Crippen molar-refractivity contribution in [2.45, 2.75) is 6.18 Å². The van der Waals surface area contributed by atoms with E-state index in [4.69, 9.17) is 12.2 Å². The molecular weight excluding hydrogens is 299 g/mol. The van der Waals surface area contributed by atoms with Crippen molar-refractivity contribution in [1.82, 2.24) is 15.0 Å². The number of nitrogens with one attached hydrogen (secondary N) is 1. The molecular formula is C14H8F3N3S. The highest BCUT2D eigenvalue weighted by Crippen LogP contribution is 2.30. The molecule has 7 heteroatoms. The molecule has 0 saturated heterocycles. The van der Waals surface area contributed by atoms with Crippen LogP contribution < -0.4 is 0 Å². The lowest BCUT2D eigenvalue weighted by molar-refractivity contribution is -0.141. The summed E-state index contributed by atoms with van der Waals surface area (Å²) in [6.45, 7) is 0. The quantitative estimate of drug-likeness (QED) is 0.679. The van der Waals surface area contributed by atoms with E-state index in [0.29, 0.717) is 11.1 Å². The van der Waals surface area contributed by atoms with Gasteiger partial charge in [-0.3, -0.25) is 4.98 Å². The number of pyridine rings is 1. The van der Waals surface area contributed by atoms with Crippen LogP contribution in [0.3, 0.4) is 0 Å². The van der Waals surface area contributed by atoms with E-state index in [1.807, 2.05) is 6.07 Å². The molecule has 0 unspecified atom stereocenters. The van der Waals surface area contributed by atoms with Gasteiger partial charge in [-0.2, -0.15) is 13.2 Å². The predicted octanol–water partition coefficient (Wildman–Crippen LogP) is 4.37. The molecule has 0 aliphatic rings. The smallest absolute Gasteiger partial charge is 0.327 e. The van der Waals surface area contributed by atoms with Crippen LogP contribution in [-0.2, 0) is 6.18 Å². The SMILES string of the molecule is FC(F)(F)c1cc(-c2ccc3cccnc3c2)nc(=S)[nH]1. The first-order valence-electron chi connectivity index (χ1n) is 5.97. The van der Waals surface area contributed by atoms with Crippen LogP contribution >= 0.6 is 12.2 Å². The number of benzene rings is 1. The van der Waals surface area contributed by atoms with E-state index in [9.17, 15) is 13.2 Å². The summed E-state index contributed by atoms with van der Waals surface area (Å²) in [4.78, 5) is 10.2. The first kappa shape index (κ1) is 13.7. The molecule has 0 radical (unpaired) electrons. The van der Waals surface area contributed by atoms with Crippen LogP contribution in [0.2, 0.25) is 0 Å². The van der Waals surface area contributed by atoms with E-state index in [-0.39, 0.29) is 10.5 Å². The van der Waals surface area contributed by atoms with Gasteiger partial charge in [0, 0.05) is 17.1 Å². The normalized spacial score (nSPS) is 11.8. The molecule has 106 valence electrons. The molecule has 2 aromatic heterocycles. The number of hydrogen-bond donors (Lipinski definition) is 1. The maximum atomic E-state index is 12.8. The number of aromatic amines is 1. The zero-order valence-corrected chi connectivity index (χ0v) is 11.3. The fourth-order valence-corrected chi connectivity index (χ4v) is 2.19. The van der Waals surface area contributed by atoms with Crippen molar-refractivity contribution in [3.8, 4) is 11.3 Å². The zero-order chi connectivity index (χ0) is 15.0. The van der Waals surface area contributed by atoms with Crippen molar-refractivity contribution in [1.29, 1.82) is 0 Å². The highest BCUT2D eigenvalue weighted by Gasteiger charge is 2.32. The fraction of sp³-hybridized carbons (Fsp3) is 0.0714. The molecule has 3 aromatic rings. The number of halogens is 3. The van der Waals surface area contributed by atoms with Gasteiger partial charge >= 0.3 is 6.18 Å². The number of hydrogen-bond acceptors (Lipinski definition) is 3. The van der Waals surface area contributed by atoms with Gasteiger partial charge in [0.05, 0.1) is 11.2 Å². The molecule has 0 atom stereocenters. The van der Waals surface area contributed by atoms with Crippen LogP contribution in [0.15, 0.2) is 42.6 Å². The molecule has 0 amide bonds. The third-order valence-electron chi connectivity index (χ3n) is 2.95. The van der Waals surface area contributed by atoms with Crippen LogP contribution in [-0.4, -0.2) is 15.0 Å². The average molecular weight is 307 g/mol. The molecule has 0 spiro atoms. The largest absolute Gasteiger partial charge is 0.431 e. The molecule has 2 heterocycles. The van der Waals surface area contributed by atoms with E-state index < -0.39 is 11.9 Å². The Morgan fingerprint density at radius 1 is 1.10 bits per heavy atom. The highest BCUT2D eigenvalue weighted by atomic mass is 32.1. The Balaban J connectivity index is 2.18. The number of aromatic nitrogens is 3. The summed E-state index contributed by atoms with van der Waals surface area (Å²) in [6.07, 6.45) is -2.88. The number of nitrogens with zero attached hydrogens (tertiary/aromatic N) is 2. The van der Waals surface area contributed by atoms with Crippen molar-refractivity contribution >= 4 is 23.1 Å². The molecule has 3 nitrogen and oxygen atoms in total. The van der Waals surface area contributed by atoms with Crippen molar-refractivity contribution in [3.63, 3.8) is 0 Å². The molecule has 21 heavy (non-hydrogen) atoms. The number of rotatable bonds is 1. The van der Waals surface area contributed by atoms with Gasteiger partial charge in [0.15, 0.2) is 4.77 Å². The minimum atomic E-state index is -4.50. The Morgan fingerprint density at radius 3 is 2.67 bits per heavy atom. The van der Waals surface area contributed by atoms with Gasteiger partial charge in [0.1, 0.15) is 5.69 Å². The molecule has 0 aliphatic carbocycles. The maximum Gasteiger partial charge on any atom is 0.431 e. The summed E-state index contributed by atoms with van der Waals surface area (Å²) in [5.74, 6) is 0. The van der Waals surface area contributed by atoms with E-state index in [2.05, 4.69) is 15.0 Å². The van der Waals surface area contributed by atoms with Gasteiger partial charge in [-0.1, -0.05) is 18.2 Å². The average Bonchev–Trinajstić information content (AvgIpc) is 2.45. The van der Waals surface area contributed by atoms with Crippen LogP contribution in [0.25, 0.3) is 22.2 Å². The Bertz CT molecular complexity index is 871. The second kappa shape index (κ2) is 4.92. The molecule has 0 aliphatic heterocycles. The van der Waals surface area contributed by atoms with Crippen molar-refractivity contribution in [2.75, 3.05) is 0 Å². The molecule has 1 N–H and O–H groups in total. The lowest BCUT2D eigenvalue weighted by Gasteiger charge is -2.09. The van der Waals surface area contributed by atoms with Gasteiger partial charge in [-0.15, -0.1) is 0 Å². The third kappa shape index (κ3) is 2.78. The van der Waals surface area contributed by atoms with E-state index >= 15 is 0 Å². The predicted molar refractivity (Wildman–Crippen MR) is 75.2 cm³/mol. The van der Waals surface area contributed by atoms with E-state index in [1.54, 1.807) is 30.5 Å². The summed E-state index contributed by atoms with van der Waals surface area (Å²) in [5, 5.41) is 0.901. The van der Waals surface area contributed by atoms with Gasteiger partial charge < -0.3 is 4.98 Å². The fourth-order valence-electron chi connectivity index (χ4n) is 1.98. The lowest BCUT2D eigenvalue weighted by atomic mass is 10.1. The van der Waals surface area contributed by atoms with Crippen LogP contribution in [0.5, 0.6) is 0 Å². The van der Waals surface area contributed by atoms with Crippen LogP contribution in [0.4, 0.5) is 13.2 Å². The Hall–Kier alpha value is -2.28. The Morgan fingerprint density at radius 2 is 1.90 bits per heavy atom. The summed E-state index contributed by atoms with van der Waals surface area (Å²) in [7, 11) is 0. The van der Waals surface area contributed by atoms with Gasteiger partial charge in [0.2, 0.25) is 0 Å². The van der Waals surface area contributed by atoms with Gasteiger partial charge in [-0.25, -0.2) is 4.98 Å². The minimum Gasteiger partial charge on any atom is -0.327 e. The molecule has 0 fully saturated rings. The summed E-state index contributed by atoms with van der Waals surface area (Å²) < 4.78 is 38.2. The van der Waals surface area contributed by atoms with Crippen LogP contribution in [0, 0.1) is 4.77 Å². The van der Waals surface area contributed by atoms with Gasteiger partial charge in [0.25, 0.3) is 0 Å². The summed E-state index contributed by atoms with van der Waals surface area (Å²) in [6, 6.07) is 9.78.